The molecule has 7 heteroatoms. The first kappa shape index (κ1) is 19.3. The molecule has 0 aliphatic carbocycles. The third-order valence-electron chi connectivity index (χ3n) is 4.20. The average Bonchev–Trinajstić information content (AvgIpc) is 3.15. The molecule has 0 bridgehead atoms. The second-order valence-corrected chi connectivity index (χ2v) is 5.99. The van der Waals surface area contributed by atoms with Gasteiger partial charge in [0.1, 0.15) is 5.65 Å². The minimum absolute atomic E-state index is 0. The summed E-state index contributed by atoms with van der Waals surface area (Å²) in [7, 11) is 5.90. The van der Waals surface area contributed by atoms with Crippen molar-refractivity contribution < 1.29 is 0 Å². The number of fused-ring (bicyclic) bond motifs is 1. The van der Waals surface area contributed by atoms with Crippen LogP contribution in [0.4, 0.5) is 0 Å². The van der Waals surface area contributed by atoms with Crippen LogP contribution in [0, 0.1) is 6.92 Å². The summed E-state index contributed by atoms with van der Waals surface area (Å²) in [6.45, 7) is 3.52. The van der Waals surface area contributed by atoms with Gasteiger partial charge in [-0.2, -0.15) is 0 Å². The smallest absolute Gasteiger partial charge is 0.194 e. The van der Waals surface area contributed by atoms with E-state index in [1.165, 1.54) is 11.4 Å². The van der Waals surface area contributed by atoms with Gasteiger partial charge in [0, 0.05) is 44.9 Å². The van der Waals surface area contributed by atoms with E-state index < -0.39 is 0 Å². The predicted octanol–water partition coefficient (Wildman–Crippen LogP) is 2.81. The molecule has 3 aromatic heterocycles. The predicted molar refractivity (Wildman–Crippen MR) is 112 cm³/mol. The molecule has 1 N–H and O–H groups in total. The number of rotatable bonds is 4. The van der Waals surface area contributed by atoms with Crippen molar-refractivity contribution in [1.82, 2.24) is 24.2 Å². The van der Waals surface area contributed by atoms with E-state index in [2.05, 4.69) is 73.7 Å². The Morgan fingerprint density at radius 2 is 2.08 bits per heavy atom. The van der Waals surface area contributed by atoms with Gasteiger partial charge >= 0.3 is 0 Å². The Morgan fingerprint density at radius 1 is 1.28 bits per heavy atom. The van der Waals surface area contributed by atoms with E-state index >= 15 is 0 Å². The van der Waals surface area contributed by atoms with Crippen molar-refractivity contribution in [3.05, 3.63) is 59.8 Å². The maximum atomic E-state index is 4.65. The van der Waals surface area contributed by atoms with Crippen LogP contribution in [0.3, 0.4) is 0 Å². The molecule has 6 nitrogen and oxygen atoms in total. The van der Waals surface area contributed by atoms with Gasteiger partial charge < -0.3 is 19.2 Å². The van der Waals surface area contributed by atoms with Gasteiger partial charge in [0.05, 0.1) is 18.8 Å². The fraction of sp³-hybridized carbons (Fsp3) is 0.333. The van der Waals surface area contributed by atoms with Gasteiger partial charge in [-0.25, -0.2) is 4.98 Å². The summed E-state index contributed by atoms with van der Waals surface area (Å²) in [5.41, 5.74) is 4.39. The number of halogens is 1. The average molecular weight is 452 g/mol. The van der Waals surface area contributed by atoms with E-state index in [9.17, 15) is 0 Å². The third-order valence-corrected chi connectivity index (χ3v) is 4.20. The molecule has 0 aliphatic rings. The number of pyridine rings is 1. The maximum absolute atomic E-state index is 4.65. The van der Waals surface area contributed by atoms with Crippen LogP contribution >= 0.6 is 24.0 Å². The molecule has 25 heavy (non-hydrogen) atoms. The molecule has 3 heterocycles. The molecular weight excluding hydrogens is 427 g/mol. The van der Waals surface area contributed by atoms with E-state index in [0.29, 0.717) is 6.54 Å². The summed E-state index contributed by atoms with van der Waals surface area (Å²) in [6, 6.07) is 10.3. The van der Waals surface area contributed by atoms with Crippen molar-refractivity contribution >= 4 is 35.6 Å². The first-order valence-electron chi connectivity index (χ1n) is 8.04. The van der Waals surface area contributed by atoms with Gasteiger partial charge in [0.2, 0.25) is 0 Å². The van der Waals surface area contributed by atoms with Crippen LogP contribution in [0.15, 0.2) is 47.7 Å². The molecule has 134 valence electrons. The number of guanidine groups is 1. The fourth-order valence-electron chi connectivity index (χ4n) is 2.82. The standard InChI is InChI=1S/C18H24N6.HI/c1-14-7-5-9-17-21-15(12-24(14)17)11-20-18(19-2)23(4)13-16-8-6-10-22(16)3;/h5-10,12H,11,13H2,1-4H3,(H,19,20);1H. The first-order valence-corrected chi connectivity index (χ1v) is 8.04. The second kappa shape index (κ2) is 8.37. The van der Waals surface area contributed by atoms with E-state index in [-0.39, 0.29) is 24.0 Å². The molecule has 0 saturated heterocycles. The van der Waals surface area contributed by atoms with Crippen molar-refractivity contribution in [2.24, 2.45) is 12.0 Å². The van der Waals surface area contributed by atoms with E-state index in [0.717, 1.165) is 23.8 Å². The van der Waals surface area contributed by atoms with Crippen molar-refractivity contribution in [2.45, 2.75) is 20.0 Å². The zero-order chi connectivity index (χ0) is 17.1. The third kappa shape index (κ3) is 4.33. The molecule has 0 spiro atoms. The Bertz CT molecular complexity index is 863. The maximum Gasteiger partial charge on any atom is 0.194 e. The highest BCUT2D eigenvalue weighted by Crippen LogP contribution is 2.09. The molecular formula is C18H25IN6. The van der Waals surface area contributed by atoms with Crippen molar-refractivity contribution in [3.8, 4) is 0 Å². The molecule has 0 unspecified atom stereocenters. The number of aliphatic imine (C=N–C) groups is 1. The SMILES string of the molecule is CN=C(NCc1cn2c(C)cccc2n1)N(C)Cc1cccn1C.I. The van der Waals surface area contributed by atoms with Crippen LogP contribution in [0.1, 0.15) is 17.1 Å². The van der Waals surface area contributed by atoms with Gasteiger partial charge in [-0.15, -0.1) is 24.0 Å². The molecule has 3 aromatic rings. The lowest BCUT2D eigenvalue weighted by atomic mass is 10.4. The zero-order valence-electron chi connectivity index (χ0n) is 15.1. The summed E-state index contributed by atoms with van der Waals surface area (Å²) in [5, 5.41) is 3.39. The minimum atomic E-state index is 0. The second-order valence-electron chi connectivity index (χ2n) is 5.99. The lowest BCUT2D eigenvalue weighted by Crippen LogP contribution is -2.38. The number of hydrogen-bond donors (Lipinski definition) is 1. The minimum Gasteiger partial charge on any atom is -0.353 e. The van der Waals surface area contributed by atoms with Gasteiger partial charge in [-0.05, 0) is 31.2 Å². The largest absolute Gasteiger partial charge is 0.353 e. The number of nitrogens with zero attached hydrogens (tertiary/aromatic N) is 5. The zero-order valence-corrected chi connectivity index (χ0v) is 17.4. The Morgan fingerprint density at radius 3 is 2.72 bits per heavy atom. The Balaban J connectivity index is 0.00000225. The highest BCUT2D eigenvalue weighted by molar-refractivity contribution is 14.0. The Labute approximate surface area is 165 Å². The van der Waals surface area contributed by atoms with Gasteiger partial charge in [-0.1, -0.05) is 6.07 Å². The molecule has 0 saturated carbocycles. The van der Waals surface area contributed by atoms with Crippen molar-refractivity contribution in [3.63, 3.8) is 0 Å². The molecule has 0 fully saturated rings. The molecule has 0 atom stereocenters. The fourth-order valence-corrected chi connectivity index (χ4v) is 2.82. The lowest BCUT2D eigenvalue weighted by Gasteiger charge is -2.22. The van der Waals surface area contributed by atoms with E-state index in [4.69, 9.17) is 0 Å². The topological polar surface area (TPSA) is 49.9 Å². The van der Waals surface area contributed by atoms with Crippen LogP contribution in [0.2, 0.25) is 0 Å². The Kier molecular flexibility index (Phi) is 6.46. The summed E-state index contributed by atoms with van der Waals surface area (Å²) < 4.78 is 4.22. The summed E-state index contributed by atoms with van der Waals surface area (Å²) in [5.74, 6) is 0.852. The van der Waals surface area contributed by atoms with Crippen LogP contribution in [-0.2, 0) is 20.1 Å². The number of aryl methyl sites for hydroxylation is 2. The van der Waals surface area contributed by atoms with Crippen LogP contribution in [0.25, 0.3) is 5.65 Å². The number of aromatic nitrogens is 3. The normalized spacial score (nSPS) is 11.4. The highest BCUT2D eigenvalue weighted by Gasteiger charge is 2.09. The van der Waals surface area contributed by atoms with Crippen LogP contribution in [0.5, 0.6) is 0 Å². The molecule has 0 radical (unpaired) electrons. The highest BCUT2D eigenvalue weighted by atomic mass is 127. The van der Waals surface area contributed by atoms with Gasteiger partial charge in [-0.3, -0.25) is 4.99 Å². The first-order chi connectivity index (χ1) is 11.6. The monoisotopic (exact) mass is 452 g/mol. The molecule has 0 aromatic carbocycles. The lowest BCUT2D eigenvalue weighted by molar-refractivity contribution is 0.461. The number of nitrogens with one attached hydrogen (secondary N) is 1. The molecule has 3 rings (SSSR count). The summed E-state index contributed by atoms with van der Waals surface area (Å²) >= 11 is 0. The van der Waals surface area contributed by atoms with Crippen molar-refractivity contribution in [2.75, 3.05) is 14.1 Å². The molecule has 0 amide bonds. The van der Waals surface area contributed by atoms with E-state index in [1.54, 1.807) is 7.05 Å². The van der Waals surface area contributed by atoms with Crippen LogP contribution in [-0.4, -0.2) is 38.9 Å². The quantitative estimate of drug-likeness (QED) is 0.377. The van der Waals surface area contributed by atoms with Gasteiger partial charge in [0.15, 0.2) is 5.96 Å². The summed E-state index contributed by atoms with van der Waals surface area (Å²) in [4.78, 5) is 11.1. The van der Waals surface area contributed by atoms with Crippen LogP contribution < -0.4 is 5.32 Å². The van der Waals surface area contributed by atoms with Crippen molar-refractivity contribution in [1.29, 1.82) is 0 Å². The van der Waals surface area contributed by atoms with E-state index in [1.807, 2.05) is 19.2 Å². The Hall–Kier alpha value is -2.03. The molecule has 0 aliphatic heterocycles. The number of imidazole rings is 1. The number of hydrogen-bond acceptors (Lipinski definition) is 2. The summed E-state index contributed by atoms with van der Waals surface area (Å²) in [6.07, 6.45) is 4.13. The van der Waals surface area contributed by atoms with Gasteiger partial charge in [0.25, 0.3) is 0 Å².